The number of esters is 3. The lowest BCUT2D eigenvalue weighted by Gasteiger charge is -2.32. The second kappa shape index (κ2) is 13.3. The molecule has 0 aromatic heterocycles. The van der Waals surface area contributed by atoms with Crippen LogP contribution in [0.25, 0.3) is 0 Å². The van der Waals surface area contributed by atoms with Crippen molar-refractivity contribution in [2.45, 2.75) is 77.4 Å². The van der Waals surface area contributed by atoms with Gasteiger partial charge in [-0.15, -0.1) is 0 Å². The highest BCUT2D eigenvalue weighted by Gasteiger charge is 2.32. The molecule has 0 amide bonds. The van der Waals surface area contributed by atoms with Gasteiger partial charge in [0.2, 0.25) is 0 Å². The smallest absolute Gasteiger partial charge is 0.330 e. The Balaban J connectivity index is 2.13. The Labute approximate surface area is 167 Å². The van der Waals surface area contributed by atoms with E-state index in [0.29, 0.717) is 32.3 Å². The maximum Gasteiger partial charge on any atom is 0.330 e. The van der Waals surface area contributed by atoms with Crippen LogP contribution in [0.2, 0.25) is 0 Å². The number of aliphatic hydroxyl groups is 1. The molecule has 7 heteroatoms. The molecular weight excluding hydrogens is 364 g/mol. The van der Waals surface area contributed by atoms with Crippen molar-refractivity contribution in [1.82, 2.24) is 0 Å². The topological polar surface area (TPSA) is 99.1 Å². The zero-order valence-electron chi connectivity index (χ0n) is 17.1. The normalized spacial score (nSPS) is 22.8. The fraction of sp³-hybridized carbons (Fsp3) is 0.762. The summed E-state index contributed by atoms with van der Waals surface area (Å²) in [6, 6.07) is 0. The van der Waals surface area contributed by atoms with E-state index in [0.717, 1.165) is 25.3 Å². The first-order valence-electron chi connectivity index (χ1n) is 10.2. The zero-order chi connectivity index (χ0) is 20.9. The van der Waals surface area contributed by atoms with Gasteiger partial charge < -0.3 is 19.3 Å². The van der Waals surface area contributed by atoms with E-state index in [9.17, 15) is 19.5 Å². The van der Waals surface area contributed by atoms with Crippen LogP contribution in [0.5, 0.6) is 0 Å². The summed E-state index contributed by atoms with van der Waals surface area (Å²) in [7, 11) is 0. The molecule has 0 bridgehead atoms. The number of rotatable bonds is 12. The van der Waals surface area contributed by atoms with Crippen molar-refractivity contribution in [1.29, 1.82) is 0 Å². The van der Waals surface area contributed by atoms with Crippen LogP contribution in [-0.2, 0) is 28.6 Å². The Morgan fingerprint density at radius 3 is 2.57 bits per heavy atom. The van der Waals surface area contributed by atoms with Crippen molar-refractivity contribution in [3.05, 3.63) is 12.7 Å². The van der Waals surface area contributed by atoms with Crippen molar-refractivity contribution < 1.29 is 33.7 Å². The number of hydrogen-bond acceptors (Lipinski definition) is 7. The van der Waals surface area contributed by atoms with Gasteiger partial charge in [0, 0.05) is 12.5 Å². The van der Waals surface area contributed by atoms with Gasteiger partial charge in [0.05, 0.1) is 25.2 Å². The molecule has 28 heavy (non-hydrogen) atoms. The molecule has 0 radical (unpaired) electrons. The SMILES string of the molecule is C=CC(=O)OCC1CCC(OC(=O)CCCCCOC(=O)C(C)CC)C(O)C1. The van der Waals surface area contributed by atoms with Gasteiger partial charge in [0.15, 0.2) is 0 Å². The third-order valence-corrected chi connectivity index (χ3v) is 5.06. The standard InChI is InChI=1S/C21H34O7/c1-4-15(3)21(25)26-12-8-6-7-9-20(24)28-18-11-10-16(13-17(18)22)14-27-19(23)5-2/h5,15-18,22H,2,4,6-14H2,1,3H3. The van der Waals surface area contributed by atoms with Crippen molar-refractivity contribution in [2.24, 2.45) is 11.8 Å². The van der Waals surface area contributed by atoms with Crippen LogP contribution in [-0.4, -0.2) is 48.4 Å². The van der Waals surface area contributed by atoms with E-state index < -0.39 is 18.2 Å². The van der Waals surface area contributed by atoms with E-state index in [4.69, 9.17) is 14.2 Å². The van der Waals surface area contributed by atoms with Crippen LogP contribution in [0.4, 0.5) is 0 Å². The third kappa shape index (κ3) is 9.35. The van der Waals surface area contributed by atoms with Gasteiger partial charge in [0.1, 0.15) is 6.10 Å². The van der Waals surface area contributed by atoms with E-state index in [1.54, 1.807) is 0 Å². The number of carbonyl (C=O) groups excluding carboxylic acids is 3. The van der Waals surface area contributed by atoms with Gasteiger partial charge in [-0.25, -0.2) is 4.79 Å². The minimum atomic E-state index is -0.745. The quantitative estimate of drug-likeness (QED) is 0.233. The molecule has 1 saturated carbocycles. The molecule has 0 spiro atoms. The van der Waals surface area contributed by atoms with Gasteiger partial charge in [-0.05, 0) is 50.9 Å². The summed E-state index contributed by atoms with van der Waals surface area (Å²) in [4.78, 5) is 34.6. The molecule has 160 valence electrons. The maximum atomic E-state index is 12.0. The number of unbranched alkanes of at least 4 members (excludes halogenated alkanes) is 2. The summed E-state index contributed by atoms with van der Waals surface area (Å²) >= 11 is 0. The molecule has 1 rings (SSSR count). The predicted octanol–water partition coefficient (Wildman–Crippen LogP) is 2.94. The predicted molar refractivity (Wildman–Crippen MR) is 103 cm³/mol. The molecule has 0 aromatic carbocycles. The van der Waals surface area contributed by atoms with E-state index in [1.807, 2.05) is 13.8 Å². The van der Waals surface area contributed by atoms with Crippen LogP contribution >= 0.6 is 0 Å². The van der Waals surface area contributed by atoms with Crippen LogP contribution in [0.3, 0.4) is 0 Å². The molecule has 1 aliphatic carbocycles. The molecule has 0 saturated heterocycles. The van der Waals surface area contributed by atoms with Crippen molar-refractivity contribution >= 4 is 17.9 Å². The average molecular weight is 398 g/mol. The minimum Gasteiger partial charge on any atom is -0.465 e. The van der Waals surface area contributed by atoms with Crippen molar-refractivity contribution in [3.8, 4) is 0 Å². The molecule has 0 heterocycles. The highest BCUT2D eigenvalue weighted by Crippen LogP contribution is 2.27. The first-order valence-corrected chi connectivity index (χ1v) is 10.2. The Morgan fingerprint density at radius 1 is 1.18 bits per heavy atom. The number of hydrogen-bond donors (Lipinski definition) is 1. The van der Waals surface area contributed by atoms with Gasteiger partial charge in [0.25, 0.3) is 0 Å². The summed E-state index contributed by atoms with van der Waals surface area (Å²) < 4.78 is 15.6. The number of aliphatic hydroxyl groups excluding tert-OH is 1. The van der Waals surface area contributed by atoms with Crippen LogP contribution in [0, 0.1) is 11.8 Å². The minimum absolute atomic E-state index is 0.0620. The summed E-state index contributed by atoms with van der Waals surface area (Å²) in [6.45, 7) is 7.74. The van der Waals surface area contributed by atoms with Gasteiger partial charge in [-0.1, -0.05) is 20.4 Å². The molecule has 4 unspecified atom stereocenters. The molecule has 1 fully saturated rings. The number of carbonyl (C=O) groups is 3. The molecule has 1 aliphatic rings. The Bertz CT molecular complexity index is 517. The zero-order valence-corrected chi connectivity index (χ0v) is 17.1. The van der Waals surface area contributed by atoms with E-state index >= 15 is 0 Å². The Kier molecular flexibility index (Phi) is 11.5. The van der Waals surface area contributed by atoms with E-state index in [-0.39, 0.29) is 36.8 Å². The fourth-order valence-corrected chi connectivity index (χ4v) is 3.01. The number of ether oxygens (including phenoxy) is 3. The summed E-state index contributed by atoms with van der Waals surface area (Å²) in [5.41, 5.74) is 0. The molecule has 7 nitrogen and oxygen atoms in total. The largest absolute Gasteiger partial charge is 0.465 e. The lowest BCUT2D eigenvalue weighted by molar-refractivity contribution is -0.160. The first kappa shape index (κ1) is 24.1. The first-order chi connectivity index (χ1) is 13.4. The van der Waals surface area contributed by atoms with E-state index in [1.165, 1.54) is 0 Å². The maximum absolute atomic E-state index is 12.0. The second-order valence-electron chi connectivity index (χ2n) is 7.40. The van der Waals surface area contributed by atoms with E-state index in [2.05, 4.69) is 6.58 Å². The summed E-state index contributed by atoms with van der Waals surface area (Å²) in [5.74, 6) is -0.988. The summed E-state index contributed by atoms with van der Waals surface area (Å²) in [5, 5.41) is 10.2. The lowest BCUT2D eigenvalue weighted by Crippen LogP contribution is -2.38. The Morgan fingerprint density at radius 2 is 1.93 bits per heavy atom. The molecular formula is C21H34O7. The second-order valence-corrected chi connectivity index (χ2v) is 7.40. The Hall–Kier alpha value is -1.89. The van der Waals surface area contributed by atoms with Crippen LogP contribution in [0.1, 0.15) is 65.2 Å². The van der Waals surface area contributed by atoms with Crippen molar-refractivity contribution in [3.63, 3.8) is 0 Å². The summed E-state index contributed by atoms with van der Waals surface area (Å²) in [6.07, 6.45) is 4.75. The lowest BCUT2D eigenvalue weighted by atomic mass is 9.86. The third-order valence-electron chi connectivity index (χ3n) is 5.06. The molecule has 4 atom stereocenters. The van der Waals surface area contributed by atoms with Crippen LogP contribution in [0.15, 0.2) is 12.7 Å². The molecule has 0 aliphatic heterocycles. The highest BCUT2D eigenvalue weighted by molar-refractivity contribution is 5.81. The van der Waals surface area contributed by atoms with Crippen molar-refractivity contribution in [2.75, 3.05) is 13.2 Å². The highest BCUT2D eigenvalue weighted by atomic mass is 16.6. The van der Waals surface area contributed by atoms with Gasteiger partial charge in [-0.3, -0.25) is 9.59 Å². The van der Waals surface area contributed by atoms with Crippen LogP contribution < -0.4 is 0 Å². The molecule has 1 N–H and O–H groups in total. The monoisotopic (exact) mass is 398 g/mol. The average Bonchev–Trinajstić information content (AvgIpc) is 2.69. The fourth-order valence-electron chi connectivity index (χ4n) is 3.01. The van der Waals surface area contributed by atoms with Gasteiger partial charge >= 0.3 is 17.9 Å². The van der Waals surface area contributed by atoms with Gasteiger partial charge in [-0.2, -0.15) is 0 Å². The molecule has 0 aromatic rings.